The number of hydrogen-bond donors (Lipinski definition) is 0. The van der Waals surface area contributed by atoms with Crippen LogP contribution in [0.15, 0.2) is 231 Å². The van der Waals surface area contributed by atoms with Crippen LogP contribution in [0.2, 0.25) is 0 Å². The van der Waals surface area contributed by atoms with Crippen LogP contribution < -0.4 is 24.8 Å². The molecule has 0 amide bonds. The largest absolute Gasteiger partial charge is 1.00 e. The monoisotopic (exact) mass is 1110 g/mol. The normalized spacial score (nSPS) is 11.5. The Morgan fingerprint density at radius 2 is 0.855 bits per heavy atom. The molecular weight excluding hydrogens is 1050 g/mol. The molecule has 0 fully saturated rings. The van der Waals surface area contributed by atoms with Gasteiger partial charge in [-0.25, -0.2) is 12.1 Å². The average molecular weight is 1110 g/mol. The van der Waals surface area contributed by atoms with Gasteiger partial charge in [-0.3, -0.25) is 0 Å². The number of hydrogen-bond acceptors (Lipinski definition) is 0. The molecular formula is C71H58Cl2F2Zr-2. The summed E-state index contributed by atoms with van der Waals surface area (Å²) in [6.07, 6.45) is 0.871. The molecule has 0 atom stereocenters. The Morgan fingerprint density at radius 3 is 1.33 bits per heavy atom. The summed E-state index contributed by atoms with van der Waals surface area (Å²) in [6, 6.07) is 83.2. The summed E-state index contributed by atoms with van der Waals surface area (Å²) in [5, 5.41) is 5.06. The first kappa shape index (κ1) is 55.5. The van der Waals surface area contributed by atoms with Gasteiger partial charge in [0.25, 0.3) is 0 Å². The molecule has 1 aliphatic rings. The Balaban J connectivity index is 0.000000277. The Labute approximate surface area is 475 Å². The van der Waals surface area contributed by atoms with Crippen LogP contribution in [0.3, 0.4) is 0 Å². The van der Waals surface area contributed by atoms with Crippen LogP contribution >= 0.6 is 0 Å². The van der Waals surface area contributed by atoms with Crippen molar-refractivity contribution in [2.75, 3.05) is 0 Å². The van der Waals surface area contributed by atoms with E-state index in [4.69, 9.17) is 0 Å². The third-order valence-corrected chi connectivity index (χ3v) is 15.5. The molecule has 0 N–H and O–H groups in total. The van der Waals surface area contributed by atoms with Crippen molar-refractivity contribution in [3.8, 4) is 55.6 Å². The van der Waals surface area contributed by atoms with Crippen molar-refractivity contribution in [2.24, 2.45) is 0 Å². The van der Waals surface area contributed by atoms with E-state index in [9.17, 15) is 8.78 Å². The van der Waals surface area contributed by atoms with E-state index in [2.05, 4.69) is 199 Å². The van der Waals surface area contributed by atoms with Crippen LogP contribution in [0.4, 0.5) is 8.78 Å². The van der Waals surface area contributed by atoms with Gasteiger partial charge in [-0.1, -0.05) is 197 Å². The van der Waals surface area contributed by atoms with Crippen LogP contribution in [0.25, 0.3) is 77.2 Å². The minimum absolute atomic E-state index is 0. The van der Waals surface area contributed by atoms with E-state index in [1.807, 2.05) is 30.3 Å². The molecule has 0 saturated carbocycles. The zero-order valence-electron chi connectivity index (χ0n) is 43.7. The molecule has 0 nitrogen and oxygen atoms in total. The van der Waals surface area contributed by atoms with Gasteiger partial charge in [-0.15, -0.1) is 28.8 Å². The molecule has 376 valence electrons. The first-order valence-electron chi connectivity index (χ1n) is 25.4. The van der Waals surface area contributed by atoms with E-state index in [1.165, 1.54) is 148 Å². The second-order valence-corrected chi connectivity index (χ2v) is 22.5. The van der Waals surface area contributed by atoms with Gasteiger partial charge >= 0.3 is 108 Å². The van der Waals surface area contributed by atoms with Gasteiger partial charge in [-0.05, 0) is 89.9 Å². The molecule has 12 rings (SSSR count). The zero-order chi connectivity index (χ0) is 51.6. The molecule has 11 aromatic rings. The summed E-state index contributed by atoms with van der Waals surface area (Å²) in [4.78, 5) is 0. The van der Waals surface area contributed by atoms with Crippen molar-refractivity contribution in [3.05, 3.63) is 282 Å². The summed E-state index contributed by atoms with van der Waals surface area (Å²) < 4.78 is 26.6. The minimum Gasteiger partial charge on any atom is -1.00 e. The molecule has 11 aromatic carbocycles. The smallest absolute Gasteiger partial charge is 0.172 e. The predicted octanol–water partition coefficient (Wildman–Crippen LogP) is 13.1. The second-order valence-electron chi connectivity index (χ2n) is 21.2. The maximum Gasteiger partial charge on any atom is -0.172 e. The minimum atomic E-state index is -0.244. The van der Waals surface area contributed by atoms with E-state index in [-0.39, 0.29) is 47.3 Å². The van der Waals surface area contributed by atoms with Gasteiger partial charge in [0.1, 0.15) is 0 Å². The van der Waals surface area contributed by atoms with Gasteiger partial charge in [0.15, 0.2) is 0 Å². The second kappa shape index (κ2) is 23.7. The Bertz CT molecular complexity index is 3550. The SMILES string of the molecule is CC(C)(C)c1cc2c([c-]c1-c1ccccc1-c1ccc3ccccc3c1)Cc1cc(-c3ccccc3-c3ccc4ccccc4c3)c(C(C)(C)C)cc1-2.Fc1ccc([C](=[Zr+2])c2ccc(F)cc2)cc1.[Cl-].[Cl-].c1cc[cH-]c1. The molecule has 0 saturated heterocycles. The van der Waals surface area contributed by atoms with E-state index in [0.29, 0.717) is 0 Å². The number of rotatable bonds is 6. The summed E-state index contributed by atoms with van der Waals surface area (Å²) in [7, 11) is 0. The fourth-order valence-corrected chi connectivity index (χ4v) is 11.0. The molecule has 0 heterocycles. The van der Waals surface area contributed by atoms with Crippen molar-refractivity contribution in [1.29, 1.82) is 0 Å². The van der Waals surface area contributed by atoms with Crippen molar-refractivity contribution in [2.45, 2.75) is 58.8 Å². The van der Waals surface area contributed by atoms with E-state index in [0.717, 1.165) is 20.8 Å². The Hall–Kier alpha value is -6.74. The summed E-state index contributed by atoms with van der Waals surface area (Å²) in [5.74, 6) is -0.488. The van der Waals surface area contributed by atoms with Crippen LogP contribution in [0.1, 0.15) is 74.9 Å². The molecule has 76 heavy (non-hydrogen) atoms. The predicted molar refractivity (Wildman–Crippen MR) is 306 cm³/mol. The molecule has 5 heteroatoms. The van der Waals surface area contributed by atoms with Gasteiger partial charge in [0.2, 0.25) is 0 Å². The van der Waals surface area contributed by atoms with E-state index in [1.54, 1.807) is 24.3 Å². The fraction of sp³-hybridized carbons (Fsp3) is 0.127. The molecule has 1 aliphatic carbocycles. The van der Waals surface area contributed by atoms with Crippen LogP contribution in [-0.4, -0.2) is 3.21 Å². The summed E-state index contributed by atoms with van der Waals surface area (Å²) in [5.41, 5.74) is 20.0. The molecule has 0 aliphatic heterocycles. The summed E-state index contributed by atoms with van der Waals surface area (Å²) in [6.45, 7) is 14.1. The van der Waals surface area contributed by atoms with Gasteiger partial charge in [0, 0.05) is 0 Å². The number of fused-ring (bicyclic) bond motifs is 5. The van der Waals surface area contributed by atoms with Crippen LogP contribution in [-0.2, 0) is 41.5 Å². The van der Waals surface area contributed by atoms with Crippen LogP contribution in [0.5, 0.6) is 0 Å². The first-order valence-corrected chi connectivity index (χ1v) is 26.6. The first-order chi connectivity index (χ1) is 35.7. The van der Waals surface area contributed by atoms with E-state index >= 15 is 0 Å². The van der Waals surface area contributed by atoms with Gasteiger partial charge in [-0.2, -0.15) is 18.2 Å². The molecule has 0 radical (unpaired) electrons. The van der Waals surface area contributed by atoms with Gasteiger partial charge in [0.05, 0.1) is 0 Å². The standard InChI is InChI=1S/C53H45.C13H8F2.C5H5.2ClH.Zr/c1-52(2,3)50-32-46-40(30-48(50)44-21-13-11-19-42(44)38-25-23-34-15-7-9-17-36(34)27-38)29-41-31-49(51(33-47(41)46)53(4,5)6)45-22-14-12-20-43(45)39-26-24-35-16-8-10-18-37(35)28-39;14-12-5-1-10(2-6-12)9-11-3-7-13(15)8-4-11;1-2-4-5-3-1;;;/h7-28,30,32-33H,29H2,1-6H3;1-8H;1-5H;2*1H;/q-1;;-1;;;+2/p-2. The fourth-order valence-electron chi connectivity index (χ4n) is 10.2. The topological polar surface area (TPSA) is 0 Å². The average Bonchev–Trinajstić information content (AvgIpc) is 4.15. The molecule has 0 bridgehead atoms. The van der Waals surface area contributed by atoms with Crippen molar-refractivity contribution >= 4 is 24.8 Å². The third kappa shape index (κ3) is 12.1. The molecule has 0 unspecified atom stereocenters. The van der Waals surface area contributed by atoms with E-state index < -0.39 is 0 Å². The Morgan fingerprint density at radius 1 is 0.421 bits per heavy atom. The maximum atomic E-state index is 12.8. The zero-order valence-corrected chi connectivity index (χ0v) is 47.6. The van der Waals surface area contributed by atoms with Crippen molar-refractivity contribution in [1.82, 2.24) is 0 Å². The quantitative estimate of drug-likeness (QED) is 0.146. The molecule has 0 aromatic heterocycles. The summed E-state index contributed by atoms with van der Waals surface area (Å²) >= 11 is 1.22. The molecule has 0 spiro atoms. The Kier molecular flexibility index (Phi) is 17.3. The van der Waals surface area contributed by atoms with Crippen LogP contribution in [0, 0.1) is 17.7 Å². The third-order valence-electron chi connectivity index (χ3n) is 14.0. The maximum absolute atomic E-state index is 12.8. The number of benzene rings is 10. The van der Waals surface area contributed by atoms with Gasteiger partial charge < -0.3 is 24.8 Å². The number of halogens is 4. The van der Waals surface area contributed by atoms with Crippen molar-refractivity contribution in [3.63, 3.8) is 0 Å². The van der Waals surface area contributed by atoms with Crippen molar-refractivity contribution < 1.29 is 57.8 Å².